The molecule has 1 aromatic carbocycles. The van der Waals surface area contributed by atoms with Crippen molar-refractivity contribution in [3.63, 3.8) is 0 Å². The summed E-state index contributed by atoms with van der Waals surface area (Å²) in [4.78, 5) is 26.0. The van der Waals surface area contributed by atoms with Gasteiger partial charge in [0.15, 0.2) is 0 Å². The number of hydrogen-bond acceptors (Lipinski definition) is 2. The number of hydrogen-bond donors (Lipinski definition) is 1. The molecule has 20 heavy (non-hydrogen) atoms. The largest absolute Gasteiger partial charge is 0.342 e. The van der Waals surface area contributed by atoms with Crippen LogP contribution in [-0.4, -0.2) is 23.9 Å². The summed E-state index contributed by atoms with van der Waals surface area (Å²) in [6.07, 6.45) is 0. The first-order valence-electron chi connectivity index (χ1n) is 6.72. The van der Waals surface area contributed by atoms with Crippen LogP contribution < -0.4 is 10.2 Å². The van der Waals surface area contributed by atoms with Crippen LogP contribution in [0.25, 0.3) is 0 Å². The summed E-state index contributed by atoms with van der Waals surface area (Å²) in [5, 5.41) is 2.73. The van der Waals surface area contributed by atoms with Gasteiger partial charge in [0.05, 0.1) is 5.69 Å². The molecule has 1 aromatic rings. The lowest BCUT2D eigenvalue weighted by atomic mass is 9.97. The molecule has 5 heteroatoms. The lowest BCUT2D eigenvalue weighted by Gasteiger charge is -2.39. The number of carbonyl (C=O) groups excluding carboxylic acids is 2. The van der Waals surface area contributed by atoms with Gasteiger partial charge in [0.2, 0.25) is 5.91 Å². The monoisotopic (exact) mass is 278 g/mol. The van der Waals surface area contributed by atoms with Crippen LogP contribution >= 0.6 is 0 Å². The number of benzene rings is 1. The van der Waals surface area contributed by atoms with E-state index in [1.165, 1.54) is 17.0 Å². The fourth-order valence-electron chi connectivity index (χ4n) is 2.41. The van der Waals surface area contributed by atoms with E-state index in [1.54, 1.807) is 19.9 Å². The number of rotatable bonds is 2. The smallest absolute Gasteiger partial charge is 0.250 e. The quantitative estimate of drug-likeness (QED) is 0.899. The molecule has 0 spiro atoms. The molecule has 0 bridgehead atoms. The molecule has 2 rings (SSSR count). The zero-order chi connectivity index (χ0) is 15.0. The Kier molecular flexibility index (Phi) is 3.79. The first-order valence-corrected chi connectivity index (χ1v) is 6.72. The van der Waals surface area contributed by atoms with Gasteiger partial charge in [0.25, 0.3) is 5.91 Å². The molecular formula is C15H19FN2O2. The summed E-state index contributed by atoms with van der Waals surface area (Å²) >= 11 is 0. The first-order chi connectivity index (χ1) is 9.32. The number of halogens is 1. The van der Waals surface area contributed by atoms with Crippen molar-refractivity contribution < 1.29 is 14.0 Å². The third-order valence-corrected chi connectivity index (χ3v) is 3.67. The molecule has 0 radical (unpaired) electrons. The van der Waals surface area contributed by atoms with E-state index in [2.05, 4.69) is 5.32 Å². The summed E-state index contributed by atoms with van der Waals surface area (Å²) in [5.41, 5.74) is 1.23. The molecule has 2 amide bonds. The third-order valence-electron chi connectivity index (χ3n) is 3.67. The van der Waals surface area contributed by atoms with Crippen molar-refractivity contribution in [2.24, 2.45) is 5.92 Å². The second-order valence-corrected chi connectivity index (χ2v) is 5.55. The minimum atomic E-state index is -0.641. The van der Waals surface area contributed by atoms with Crippen molar-refractivity contribution in [1.29, 1.82) is 0 Å². The van der Waals surface area contributed by atoms with Crippen molar-refractivity contribution in [3.05, 3.63) is 29.6 Å². The van der Waals surface area contributed by atoms with Crippen molar-refractivity contribution in [2.75, 3.05) is 4.90 Å². The highest BCUT2D eigenvalue weighted by Gasteiger charge is 2.40. The van der Waals surface area contributed by atoms with Gasteiger partial charge in [-0.15, -0.1) is 0 Å². The second kappa shape index (κ2) is 5.23. The van der Waals surface area contributed by atoms with E-state index in [0.29, 0.717) is 5.69 Å². The number of piperazine rings is 1. The normalized spacial score (nSPS) is 23.2. The fraction of sp³-hybridized carbons (Fsp3) is 0.467. The molecule has 1 saturated heterocycles. The van der Waals surface area contributed by atoms with Gasteiger partial charge in [-0.05, 0) is 37.5 Å². The first kappa shape index (κ1) is 14.5. The number of nitrogens with one attached hydrogen (secondary N) is 1. The molecule has 0 saturated carbocycles. The van der Waals surface area contributed by atoms with E-state index < -0.39 is 17.9 Å². The molecule has 108 valence electrons. The highest BCUT2D eigenvalue weighted by Crippen LogP contribution is 2.27. The number of amides is 2. The van der Waals surface area contributed by atoms with Crippen LogP contribution in [0.4, 0.5) is 10.1 Å². The lowest BCUT2D eigenvalue weighted by Crippen LogP contribution is -2.64. The molecule has 1 aliphatic rings. The minimum absolute atomic E-state index is 0.0182. The maximum absolute atomic E-state index is 13.5. The van der Waals surface area contributed by atoms with Crippen LogP contribution in [0.3, 0.4) is 0 Å². The zero-order valence-corrected chi connectivity index (χ0v) is 12.1. The van der Waals surface area contributed by atoms with Gasteiger partial charge in [-0.3, -0.25) is 14.5 Å². The Morgan fingerprint density at radius 2 is 1.95 bits per heavy atom. The maximum Gasteiger partial charge on any atom is 0.250 e. The molecule has 1 fully saturated rings. The summed E-state index contributed by atoms with van der Waals surface area (Å²) < 4.78 is 13.5. The van der Waals surface area contributed by atoms with Gasteiger partial charge in [-0.2, -0.15) is 0 Å². The Labute approximate surface area is 118 Å². The Morgan fingerprint density at radius 1 is 1.30 bits per heavy atom. The summed E-state index contributed by atoms with van der Waals surface area (Å²) in [7, 11) is 0. The van der Waals surface area contributed by atoms with Crippen LogP contribution in [-0.2, 0) is 9.59 Å². The van der Waals surface area contributed by atoms with Gasteiger partial charge < -0.3 is 5.32 Å². The van der Waals surface area contributed by atoms with E-state index >= 15 is 0 Å². The highest BCUT2D eigenvalue weighted by molar-refractivity contribution is 6.08. The lowest BCUT2D eigenvalue weighted by molar-refractivity contribution is -0.134. The van der Waals surface area contributed by atoms with Crippen LogP contribution in [0.15, 0.2) is 18.2 Å². The number of anilines is 1. The average Bonchev–Trinajstić information content (AvgIpc) is 2.37. The molecule has 2 unspecified atom stereocenters. The van der Waals surface area contributed by atoms with Gasteiger partial charge in [0.1, 0.15) is 17.9 Å². The van der Waals surface area contributed by atoms with Crippen LogP contribution in [0.2, 0.25) is 0 Å². The standard InChI is InChI=1S/C15H19FN2O2/c1-8(2)13-15(20)18(10(4)14(19)17-13)12-7-11(16)6-5-9(12)3/h5-8,10,13H,1-4H3,(H,17,19). The Bertz CT molecular complexity index is 557. The average molecular weight is 278 g/mol. The number of nitrogens with zero attached hydrogens (tertiary/aromatic N) is 1. The molecule has 1 N–H and O–H groups in total. The zero-order valence-electron chi connectivity index (χ0n) is 12.1. The van der Waals surface area contributed by atoms with Gasteiger partial charge >= 0.3 is 0 Å². The second-order valence-electron chi connectivity index (χ2n) is 5.55. The van der Waals surface area contributed by atoms with Crippen LogP contribution in [0.5, 0.6) is 0 Å². The van der Waals surface area contributed by atoms with Crippen molar-refractivity contribution in [1.82, 2.24) is 5.32 Å². The van der Waals surface area contributed by atoms with Gasteiger partial charge in [0, 0.05) is 0 Å². The predicted octanol–water partition coefficient (Wildman–Crippen LogP) is 2.01. The minimum Gasteiger partial charge on any atom is -0.342 e. The molecule has 1 aliphatic heterocycles. The molecular weight excluding hydrogens is 259 g/mol. The maximum atomic E-state index is 13.5. The fourth-order valence-corrected chi connectivity index (χ4v) is 2.41. The topological polar surface area (TPSA) is 49.4 Å². The summed E-state index contributed by atoms with van der Waals surface area (Å²) in [6, 6.07) is 3.05. The van der Waals surface area contributed by atoms with Crippen molar-refractivity contribution >= 4 is 17.5 Å². The molecule has 2 atom stereocenters. The predicted molar refractivity (Wildman–Crippen MR) is 74.9 cm³/mol. The molecule has 4 nitrogen and oxygen atoms in total. The van der Waals surface area contributed by atoms with E-state index in [-0.39, 0.29) is 17.7 Å². The van der Waals surface area contributed by atoms with E-state index in [0.717, 1.165) is 5.56 Å². The SMILES string of the molecule is Cc1ccc(F)cc1N1C(=O)C(C(C)C)NC(=O)C1C. The van der Waals surface area contributed by atoms with Crippen molar-refractivity contribution in [3.8, 4) is 0 Å². The van der Waals surface area contributed by atoms with Gasteiger partial charge in [-0.1, -0.05) is 19.9 Å². The Hall–Kier alpha value is -1.91. The van der Waals surface area contributed by atoms with E-state index in [4.69, 9.17) is 0 Å². The number of aryl methyl sites for hydroxylation is 1. The van der Waals surface area contributed by atoms with E-state index in [9.17, 15) is 14.0 Å². The Morgan fingerprint density at radius 3 is 2.55 bits per heavy atom. The van der Waals surface area contributed by atoms with Crippen LogP contribution in [0, 0.1) is 18.7 Å². The van der Waals surface area contributed by atoms with Crippen molar-refractivity contribution in [2.45, 2.75) is 39.8 Å². The summed E-state index contributed by atoms with van der Waals surface area (Å²) in [6.45, 7) is 7.19. The number of carbonyl (C=O) groups is 2. The summed E-state index contributed by atoms with van der Waals surface area (Å²) in [5.74, 6) is -0.847. The van der Waals surface area contributed by atoms with Crippen LogP contribution in [0.1, 0.15) is 26.3 Å². The third kappa shape index (κ3) is 2.40. The highest BCUT2D eigenvalue weighted by atomic mass is 19.1. The van der Waals surface area contributed by atoms with E-state index in [1.807, 2.05) is 13.8 Å². The van der Waals surface area contributed by atoms with Gasteiger partial charge in [-0.25, -0.2) is 4.39 Å². The Balaban J connectivity index is 2.48. The molecule has 1 heterocycles. The molecule has 0 aromatic heterocycles. The molecule has 0 aliphatic carbocycles.